The summed E-state index contributed by atoms with van der Waals surface area (Å²) in [5, 5.41) is 0. The normalized spacial score (nSPS) is 17.3. The molecule has 1 aliphatic heterocycles. The Bertz CT molecular complexity index is 1170. The Labute approximate surface area is 205 Å². The van der Waals surface area contributed by atoms with Gasteiger partial charge in [-0.3, -0.25) is 4.79 Å². The Morgan fingerprint density at radius 3 is 2.51 bits per heavy atom. The zero-order valence-corrected chi connectivity index (χ0v) is 19.9. The summed E-state index contributed by atoms with van der Waals surface area (Å²) in [6.45, 7) is 1.52. The molecule has 0 unspecified atom stereocenters. The number of hydrogen-bond donors (Lipinski definition) is 0. The van der Waals surface area contributed by atoms with E-state index in [-0.39, 0.29) is 18.1 Å². The lowest BCUT2D eigenvalue weighted by molar-refractivity contribution is 0.0506. The third-order valence-corrected chi connectivity index (χ3v) is 6.72. The number of ether oxygens (including phenoxy) is 3. The summed E-state index contributed by atoms with van der Waals surface area (Å²) < 4.78 is 31.5. The largest absolute Gasteiger partial charge is 0.493 e. The Morgan fingerprint density at radius 2 is 1.83 bits per heavy atom. The molecule has 2 aliphatic rings. The average Bonchev–Trinajstić information content (AvgIpc) is 3.53. The van der Waals surface area contributed by atoms with E-state index in [1.807, 2.05) is 18.2 Å². The van der Waals surface area contributed by atoms with Gasteiger partial charge in [-0.2, -0.15) is 0 Å². The second-order valence-corrected chi connectivity index (χ2v) is 9.23. The summed E-state index contributed by atoms with van der Waals surface area (Å²) >= 11 is 0. The second kappa shape index (κ2) is 10.5. The molecular weight excluding hydrogens is 445 g/mol. The van der Waals surface area contributed by atoms with Crippen LogP contribution >= 0.6 is 0 Å². The van der Waals surface area contributed by atoms with Gasteiger partial charge in [-0.05, 0) is 59.9 Å². The highest BCUT2D eigenvalue weighted by atomic mass is 19.1. The molecule has 0 aromatic heterocycles. The van der Waals surface area contributed by atoms with Crippen molar-refractivity contribution in [1.82, 2.24) is 4.90 Å². The van der Waals surface area contributed by atoms with Crippen LogP contribution in [0.4, 0.5) is 4.39 Å². The van der Waals surface area contributed by atoms with Gasteiger partial charge >= 0.3 is 0 Å². The first-order chi connectivity index (χ1) is 17.1. The summed E-state index contributed by atoms with van der Waals surface area (Å²) in [6, 6.07) is 20.0. The number of fused-ring (bicyclic) bond motifs is 1. The molecule has 0 spiro atoms. The number of benzene rings is 3. The van der Waals surface area contributed by atoms with Gasteiger partial charge in [0.1, 0.15) is 11.9 Å². The van der Waals surface area contributed by atoms with Crippen LogP contribution in [0, 0.1) is 5.82 Å². The Balaban J connectivity index is 1.32. The van der Waals surface area contributed by atoms with Crippen molar-refractivity contribution in [2.75, 3.05) is 20.3 Å². The Morgan fingerprint density at radius 1 is 1.03 bits per heavy atom. The van der Waals surface area contributed by atoms with Crippen LogP contribution in [0.3, 0.4) is 0 Å². The molecule has 0 saturated carbocycles. The quantitative estimate of drug-likeness (QED) is 0.449. The van der Waals surface area contributed by atoms with E-state index in [0.717, 1.165) is 31.2 Å². The minimum atomic E-state index is -0.426. The predicted molar refractivity (Wildman–Crippen MR) is 131 cm³/mol. The fraction of sp³-hybridized carbons (Fsp3) is 0.345. The van der Waals surface area contributed by atoms with Gasteiger partial charge in [0.25, 0.3) is 5.91 Å². The first kappa shape index (κ1) is 23.4. The van der Waals surface area contributed by atoms with E-state index < -0.39 is 5.82 Å². The predicted octanol–water partition coefficient (Wildman–Crippen LogP) is 5.20. The van der Waals surface area contributed by atoms with Crippen molar-refractivity contribution in [3.63, 3.8) is 0 Å². The lowest BCUT2D eigenvalue weighted by Gasteiger charge is -2.26. The van der Waals surface area contributed by atoms with Crippen LogP contribution in [-0.2, 0) is 24.1 Å². The number of rotatable bonds is 8. The summed E-state index contributed by atoms with van der Waals surface area (Å²) in [7, 11) is 1.62. The molecule has 1 atom stereocenters. The van der Waals surface area contributed by atoms with E-state index in [1.54, 1.807) is 24.1 Å². The van der Waals surface area contributed by atoms with E-state index in [9.17, 15) is 9.18 Å². The van der Waals surface area contributed by atoms with Gasteiger partial charge in [-0.25, -0.2) is 4.39 Å². The molecular formula is C29H30FNO4. The van der Waals surface area contributed by atoms with Crippen molar-refractivity contribution in [2.24, 2.45) is 0 Å². The van der Waals surface area contributed by atoms with Gasteiger partial charge in [-0.1, -0.05) is 36.4 Å². The molecule has 0 bridgehead atoms. The number of carbonyl (C=O) groups excluding carboxylic acids is 1. The van der Waals surface area contributed by atoms with Crippen molar-refractivity contribution in [1.29, 1.82) is 0 Å². The highest BCUT2D eigenvalue weighted by molar-refractivity contribution is 5.94. The fourth-order valence-electron chi connectivity index (χ4n) is 4.97. The lowest BCUT2D eigenvalue weighted by Crippen LogP contribution is -2.37. The standard InChI is InChI=1S/C29H30FNO4/c1-33-28-14-20(11-12-27(28)35-26-16-21-6-2-3-7-22(21)17-26)18-31(19-25-10-5-13-34-25)29(32)23-8-4-9-24(30)15-23/h2-4,6-9,11-12,14-15,25-26H,5,10,13,16-19H2,1H3/t25-/m1/s1. The van der Waals surface area contributed by atoms with E-state index in [2.05, 4.69) is 24.3 Å². The van der Waals surface area contributed by atoms with Gasteiger partial charge in [0.15, 0.2) is 11.5 Å². The molecule has 1 saturated heterocycles. The Kier molecular flexibility index (Phi) is 7.00. The summed E-state index contributed by atoms with van der Waals surface area (Å²) in [5.74, 6) is 0.679. The first-order valence-electron chi connectivity index (χ1n) is 12.2. The fourth-order valence-corrected chi connectivity index (χ4v) is 4.97. The minimum Gasteiger partial charge on any atom is -0.493 e. The maximum atomic E-state index is 13.8. The maximum Gasteiger partial charge on any atom is 0.254 e. The van der Waals surface area contributed by atoms with Crippen LogP contribution in [0.5, 0.6) is 11.5 Å². The monoisotopic (exact) mass is 475 g/mol. The average molecular weight is 476 g/mol. The molecule has 0 N–H and O–H groups in total. The van der Waals surface area contributed by atoms with E-state index in [1.165, 1.54) is 23.3 Å². The Hall–Kier alpha value is -3.38. The lowest BCUT2D eigenvalue weighted by atomic mass is 10.1. The van der Waals surface area contributed by atoms with E-state index in [0.29, 0.717) is 36.8 Å². The van der Waals surface area contributed by atoms with Crippen molar-refractivity contribution >= 4 is 5.91 Å². The number of amides is 1. The number of carbonyl (C=O) groups is 1. The maximum absolute atomic E-state index is 13.8. The molecule has 1 fully saturated rings. The van der Waals surface area contributed by atoms with Crippen LogP contribution in [-0.4, -0.2) is 43.3 Å². The van der Waals surface area contributed by atoms with Crippen LogP contribution in [0.25, 0.3) is 0 Å². The van der Waals surface area contributed by atoms with Crippen molar-refractivity contribution in [2.45, 2.75) is 44.4 Å². The SMILES string of the molecule is COc1cc(CN(C[C@H]2CCCO2)C(=O)c2cccc(F)c2)ccc1OC1Cc2ccccc2C1. The second-order valence-electron chi connectivity index (χ2n) is 9.23. The number of hydrogen-bond acceptors (Lipinski definition) is 4. The zero-order chi connectivity index (χ0) is 24.2. The van der Waals surface area contributed by atoms with Gasteiger partial charge in [0.2, 0.25) is 0 Å². The van der Waals surface area contributed by atoms with Gasteiger partial charge in [-0.15, -0.1) is 0 Å². The topological polar surface area (TPSA) is 48.0 Å². The summed E-state index contributed by atoms with van der Waals surface area (Å²) in [5.41, 5.74) is 3.89. The van der Waals surface area contributed by atoms with E-state index >= 15 is 0 Å². The van der Waals surface area contributed by atoms with E-state index in [4.69, 9.17) is 14.2 Å². The molecule has 1 heterocycles. The van der Waals surface area contributed by atoms with Crippen LogP contribution < -0.4 is 9.47 Å². The molecule has 182 valence electrons. The highest BCUT2D eigenvalue weighted by Gasteiger charge is 2.26. The summed E-state index contributed by atoms with van der Waals surface area (Å²) in [4.78, 5) is 15.0. The van der Waals surface area contributed by atoms with Crippen LogP contribution in [0.15, 0.2) is 66.7 Å². The van der Waals surface area contributed by atoms with Crippen LogP contribution in [0.2, 0.25) is 0 Å². The molecule has 1 aliphatic carbocycles. The highest BCUT2D eigenvalue weighted by Crippen LogP contribution is 2.33. The first-order valence-corrected chi connectivity index (χ1v) is 12.2. The number of methoxy groups -OCH3 is 1. The molecule has 3 aromatic rings. The number of halogens is 1. The summed E-state index contributed by atoms with van der Waals surface area (Å²) in [6.07, 6.45) is 3.69. The molecule has 5 nitrogen and oxygen atoms in total. The van der Waals surface area contributed by atoms with Crippen LogP contribution in [0.1, 0.15) is 39.9 Å². The van der Waals surface area contributed by atoms with Gasteiger partial charge < -0.3 is 19.1 Å². The molecule has 0 radical (unpaired) electrons. The molecule has 5 rings (SSSR count). The zero-order valence-electron chi connectivity index (χ0n) is 19.9. The van der Waals surface area contributed by atoms with Gasteiger partial charge in [0, 0.05) is 38.1 Å². The van der Waals surface area contributed by atoms with Crippen molar-refractivity contribution in [3.8, 4) is 11.5 Å². The molecule has 1 amide bonds. The molecule has 35 heavy (non-hydrogen) atoms. The minimum absolute atomic E-state index is 0.0130. The third-order valence-electron chi connectivity index (χ3n) is 6.72. The molecule has 3 aromatic carbocycles. The number of nitrogens with zero attached hydrogens (tertiary/aromatic N) is 1. The smallest absolute Gasteiger partial charge is 0.254 e. The van der Waals surface area contributed by atoms with Crippen molar-refractivity contribution in [3.05, 3.63) is 94.8 Å². The third kappa shape index (κ3) is 5.49. The molecule has 6 heteroatoms. The van der Waals surface area contributed by atoms with Gasteiger partial charge in [0.05, 0.1) is 13.2 Å². The van der Waals surface area contributed by atoms with Crippen molar-refractivity contribution < 1.29 is 23.4 Å².